The summed E-state index contributed by atoms with van der Waals surface area (Å²) in [5.41, 5.74) is 1.01. The van der Waals surface area contributed by atoms with Crippen LogP contribution in [0.25, 0.3) is 10.8 Å². The van der Waals surface area contributed by atoms with E-state index in [1.165, 1.54) is 4.68 Å². The monoisotopic (exact) mass is 379 g/mol. The van der Waals surface area contributed by atoms with Gasteiger partial charge in [0.05, 0.1) is 5.39 Å². The normalized spacial score (nSPS) is 12.8. The summed E-state index contributed by atoms with van der Waals surface area (Å²) in [4.78, 5) is 27.2. The highest BCUT2D eigenvalue weighted by Crippen LogP contribution is 2.31. The fourth-order valence-corrected chi connectivity index (χ4v) is 3.32. The molecule has 0 saturated carbocycles. The van der Waals surface area contributed by atoms with Crippen LogP contribution >= 0.6 is 0 Å². The predicted octanol–water partition coefficient (Wildman–Crippen LogP) is 2.46. The minimum absolute atomic E-state index is 0.191. The van der Waals surface area contributed by atoms with Crippen molar-refractivity contribution in [2.24, 2.45) is 0 Å². The maximum atomic E-state index is 13.1. The molecular weight excluding hydrogens is 358 g/mol. The number of amides is 1. The topological polar surface area (TPSA) is 73.7 Å². The summed E-state index contributed by atoms with van der Waals surface area (Å²) >= 11 is 0. The molecule has 2 aromatic carbocycles. The maximum absolute atomic E-state index is 13.1. The van der Waals surface area contributed by atoms with Gasteiger partial charge in [-0.05, 0) is 30.7 Å². The van der Waals surface area contributed by atoms with Crippen LogP contribution in [0.1, 0.15) is 23.0 Å². The molecule has 2 heterocycles. The number of nitrogens with zero attached hydrogens (tertiary/aromatic N) is 3. The van der Waals surface area contributed by atoms with Gasteiger partial charge in [0.25, 0.3) is 11.5 Å². The summed E-state index contributed by atoms with van der Waals surface area (Å²) in [5, 5.41) is 5.38. The Morgan fingerprint density at radius 1 is 1.11 bits per heavy atom. The van der Waals surface area contributed by atoms with E-state index in [9.17, 15) is 9.59 Å². The number of ether oxygens (including phenoxy) is 2. The molecule has 0 spiro atoms. The van der Waals surface area contributed by atoms with E-state index in [0.29, 0.717) is 48.6 Å². The van der Waals surface area contributed by atoms with Gasteiger partial charge in [-0.1, -0.05) is 24.3 Å². The van der Waals surface area contributed by atoms with Crippen LogP contribution in [-0.4, -0.2) is 40.8 Å². The number of benzene rings is 2. The van der Waals surface area contributed by atoms with Gasteiger partial charge in [-0.3, -0.25) is 9.59 Å². The Hall–Kier alpha value is -3.35. The molecule has 0 saturated heterocycles. The molecule has 0 aliphatic carbocycles. The molecule has 144 valence electrons. The van der Waals surface area contributed by atoms with E-state index in [4.69, 9.17) is 9.47 Å². The van der Waals surface area contributed by atoms with Crippen molar-refractivity contribution < 1.29 is 14.3 Å². The molecule has 7 nitrogen and oxygen atoms in total. The van der Waals surface area contributed by atoms with Crippen LogP contribution in [0.5, 0.6) is 11.5 Å². The van der Waals surface area contributed by atoms with E-state index >= 15 is 0 Å². The average molecular weight is 379 g/mol. The van der Waals surface area contributed by atoms with Crippen molar-refractivity contribution in [3.8, 4) is 11.5 Å². The molecule has 1 aliphatic rings. The molecule has 0 unspecified atom stereocenters. The molecule has 1 amide bonds. The Labute approximate surface area is 162 Å². The number of hydrogen-bond donors (Lipinski definition) is 0. The molecule has 1 aliphatic heterocycles. The minimum Gasteiger partial charge on any atom is -0.486 e. The number of rotatable bonds is 4. The summed E-state index contributed by atoms with van der Waals surface area (Å²) in [5.74, 6) is 1.16. The molecule has 28 heavy (non-hydrogen) atoms. The zero-order chi connectivity index (χ0) is 19.7. The predicted molar refractivity (Wildman–Crippen MR) is 105 cm³/mol. The molecule has 0 bridgehead atoms. The van der Waals surface area contributed by atoms with Gasteiger partial charge >= 0.3 is 0 Å². The smallest absolute Gasteiger partial charge is 0.274 e. The SMILES string of the molecule is CCn1nc(C(=O)N(C)Cc2ccc3c(c2)OCCO3)c2ccccc2c1=O. The fourth-order valence-electron chi connectivity index (χ4n) is 3.32. The van der Waals surface area contributed by atoms with Gasteiger partial charge in [0, 0.05) is 25.5 Å². The highest BCUT2D eigenvalue weighted by molar-refractivity contribution is 6.04. The largest absolute Gasteiger partial charge is 0.486 e. The molecule has 7 heteroatoms. The molecule has 0 radical (unpaired) electrons. The number of fused-ring (bicyclic) bond motifs is 2. The van der Waals surface area contributed by atoms with Crippen molar-refractivity contribution in [1.82, 2.24) is 14.7 Å². The number of hydrogen-bond acceptors (Lipinski definition) is 5. The molecule has 0 atom stereocenters. The lowest BCUT2D eigenvalue weighted by Gasteiger charge is -2.21. The lowest BCUT2D eigenvalue weighted by atomic mass is 10.1. The summed E-state index contributed by atoms with van der Waals surface area (Å²) in [7, 11) is 1.72. The van der Waals surface area contributed by atoms with E-state index in [2.05, 4.69) is 5.10 Å². The standard InChI is InChI=1S/C21H21N3O4/c1-3-24-20(25)16-7-5-4-6-15(16)19(22-24)21(26)23(2)13-14-8-9-17-18(12-14)28-11-10-27-17/h4-9,12H,3,10-11,13H2,1-2H3. The van der Waals surface area contributed by atoms with E-state index in [-0.39, 0.29) is 17.2 Å². The maximum Gasteiger partial charge on any atom is 0.274 e. The third-order valence-electron chi connectivity index (χ3n) is 4.74. The van der Waals surface area contributed by atoms with Crippen molar-refractivity contribution in [1.29, 1.82) is 0 Å². The first-order chi connectivity index (χ1) is 13.6. The third kappa shape index (κ3) is 3.19. The first-order valence-electron chi connectivity index (χ1n) is 9.22. The van der Waals surface area contributed by atoms with Crippen molar-refractivity contribution >= 4 is 16.7 Å². The molecule has 4 rings (SSSR count). The zero-order valence-electron chi connectivity index (χ0n) is 15.8. The summed E-state index contributed by atoms with van der Waals surface area (Å²) in [6.07, 6.45) is 0. The Morgan fingerprint density at radius 3 is 2.57 bits per heavy atom. The van der Waals surface area contributed by atoms with Crippen LogP contribution in [0, 0.1) is 0 Å². The van der Waals surface area contributed by atoms with Crippen LogP contribution in [-0.2, 0) is 13.1 Å². The Morgan fingerprint density at radius 2 is 1.82 bits per heavy atom. The quantitative estimate of drug-likeness (QED) is 0.696. The summed E-state index contributed by atoms with van der Waals surface area (Å²) < 4.78 is 12.5. The van der Waals surface area contributed by atoms with E-state index in [1.807, 2.05) is 25.1 Å². The third-order valence-corrected chi connectivity index (χ3v) is 4.74. The lowest BCUT2D eigenvalue weighted by Crippen LogP contribution is -2.31. The first-order valence-corrected chi connectivity index (χ1v) is 9.22. The number of carbonyl (C=O) groups excluding carboxylic acids is 1. The molecule has 3 aromatic rings. The van der Waals surface area contributed by atoms with E-state index in [0.717, 1.165) is 5.56 Å². The first kappa shape index (κ1) is 18.0. The highest BCUT2D eigenvalue weighted by Gasteiger charge is 2.20. The van der Waals surface area contributed by atoms with Crippen LogP contribution in [0.3, 0.4) is 0 Å². The van der Waals surface area contributed by atoms with E-state index in [1.54, 1.807) is 36.2 Å². The number of aryl methyl sites for hydroxylation is 1. The minimum atomic E-state index is -0.242. The van der Waals surface area contributed by atoms with Gasteiger partial charge in [0.15, 0.2) is 17.2 Å². The van der Waals surface area contributed by atoms with Crippen molar-refractivity contribution in [2.75, 3.05) is 20.3 Å². The Balaban J connectivity index is 1.66. The summed E-state index contributed by atoms with van der Waals surface area (Å²) in [6, 6.07) is 12.7. The van der Waals surface area contributed by atoms with E-state index < -0.39 is 0 Å². The van der Waals surface area contributed by atoms with Gasteiger partial charge in [0.2, 0.25) is 0 Å². The number of carbonyl (C=O) groups is 1. The van der Waals surface area contributed by atoms with Crippen LogP contribution in [0.2, 0.25) is 0 Å². The lowest BCUT2D eigenvalue weighted by molar-refractivity contribution is 0.0778. The molecule has 0 fully saturated rings. The van der Waals surface area contributed by atoms with Gasteiger partial charge in [-0.15, -0.1) is 0 Å². The average Bonchev–Trinajstić information content (AvgIpc) is 2.73. The number of aromatic nitrogens is 2. The summed E-state index contributed by atoms with van der Waals surface area (Å²) in [6.45, 7) is 3.67. The van der Waals surface area contributed by atoms with Gasteiger partial charge in [-0.25, -0.2) is 4.68 Å². The highest BCUT2D eigenvalue weighted by atomic mass is 16.6. The molecular formula is C21H21N3O4. The second-order valence-corrected chi connectivity index (χ2v) is 6.65. The van der Waals surface area contributed by atoms with Crippen LogP contribution < -0.4 is 15.0 Å². The van der Waals surface area contributed by atoms with Gasteiger partial charge in [-0.2, -0.15) is 5.10 Å². The zero-order valence-corrected chi connectivity index (χ0v) is 15.8. The van der Waals surface area contributed by atoms with Crippen LogP contribution in [0.15, 0.2) is 47.3 Å². The second kappa shape index (κ2) is 7.34. The second-order valence-electron chi connectivity index (χ2n) is 6.65. The fraction of sp³-hybridized carbons (Fsp3) is 0.286. The Bertz CT molecular complexity index is 1110. The van der Waals surface area contributed by atoms with Gasteiger partial charge < -0.3 is 14.4 Å². The Kier molecular flexibility index (Phi) is 4.73. The van der Waals surface area contributed by atoms with Crippen LogP contribution in [0.4, 0.5) is 0 Å². The molecule has 1 aromatic heterocycles. The van der Waals surface area contributed by atoms with Crippen molar-refractivity contribution in [3.63, 3.8) is 0 Å². The van der Waals surface area contributed by atoms with Crippen molar-refractivity contribution in [2.45, 2.75) is 20.0 Å². The van der Waals surface area contributed by atoms with Crippen molar-refractivity contribution in [3.05, 3.63) is 64.1 Å². The molecule has 0 N–H and O–H groups in total. The van der Waals surface area contributed by atoms with Gasteiger partial charge in [0.1, 0.15) is 13.2 Å².